The van der Waals surface area contributed by atoms with Gasteiger partial charge in [0.15, 0.2) is 11.5 Å². The fraction of sp³-hybridized carbons (Fsp3) is 0.125. The van der Waals surface area contributed by atoms with Crippen LogP contribution < -0.4 is 14.8 Å². The van der Waals surface area contributed by atoms with Gasteiger partial charge in [0.1, 0.15) is 6.61 Å². The molecule has 1 unspecified atom stereocenters. The number of ether oxygens (including phenoxy) is 2. The van der Waals surface area contributed by atoms with E-state index in [0.29, 0.717) is 11.5 Å². The molecule has 3 rings (SSSR count). The summed E-state index contributed by atoms with van der Waals surface area (Å²) in [4.78, 5) is 23.4. The lowest BCUT2D eigenvalue weighted by atomic mass is 10.1. The Hall–Kier alpha value is -3.02. The molecule has 0 saturated heterocycles. The fourth-order valence-corrected chi connectivity index (χ4v) is 2.14. The van der Waals surface area contributed by atoms with Crippen molar-refractivity contribution < 1.29 is 24.2 Å². The number of nitrogens with one attached hydrogen (secondary N) is 1. The van der Waals surface area contributed by atoms with Gasteiger partial charge in [-0.1, -0.05) is 24.3 Å². The summed E-state index contributed by atoms with van der Waals surface area (Å²) in [7, 11) is 0. The number of fused-ring (bicyclic) bond motifs is 1. The van der Waals surface area contributed by atoms with Crippen LogP contribution in [-0.4, -0.2) is 29.7 Å². The Bertz CT molecular complexity index is 728. The molecule has 2 N–H and O–H groups in total. The predicted molar refractivity (Wildman–Crippen MR) is 78.4 cm³/mol. The average Bonchev–Trinajstić information content (AvgIpc) is 2.54. The summed E-state index contributed by atoms with van der Waals surface area (Å²) >= 11 is 0. The van der Waals surface area contributed by atoms with E-state index in [0.717, 1.165) is 0 Å². The SMILES string of the molecule is O=C(O)c1ccccc1NC(=O)C1COc2ccccc2O1. The number of para-hydroxylation sites is 3. The van der Waals surface area contributed by atoms with Crippen LogP contribution in [0.2, 0.25) is 0 Å². The maximum absolute atomic E-state index is 12.2. The minimum Gasteiger partial charge on any atom is -0.485 e. The first kappa shape index (κ1) is 13.9. The first-order chi connectivity index (χ1) is 10.6. The Morgan fingerprint density at radius 3 is 2.50 bits per heavy atom. The molecule has 1 aliphatic rings. The summed E-state index contributed by atoms with van der Waals surface area (Å²) in [6.07, 6.45) is -0.836. The molecule has 6 heteroatoms. The monoisotopic (exact) mass is 299 g/mol. The van der Waals surface area contributed by atoms with Crippen molar-refractivity contribution in [2.24, 2.45) is 0 Å². The Kier molecular flexibility index (Phi) is 3.65. The second-order valence-corrected chi connectivity index (χ2v) is 4.70. The van der Waals surface area contributed by atoms with E-state index in [9.17, 15) is 9.59 Å². The number of benzene rings is 2. The van der Waals surface area contributed by atoms with Crippen LogP contribution in [0.4, 0.5) is 5.69 Å². The van der Waals surface area contributed by atoms with Gasteiger partial charge in [-0.15, -0.1) is 0 Å². The Balaban J connectivity index is 1.75. The summed E-state index contributed by atoms with van der Waals surface area (Å²) < 4.78 is 11.1. The number of carboxylic acid groups (broad SMARTS) is 1. The van der Waals surface area contributed by atoms with E-state index in [1.165, 1.54) is 12.1 Å². The highest BCUT2D eigenvalue weighted by Gasteiger charge is 2.28. The minimum atomic E-state index is -1.11. The molecule has 0 aliphatic carbocycles. The molecule has 2 aromatic carbocycles. The number of hydrogen-bond acceptors (Lipinski definition) is 4. The van der Waals surface area contributed by atoms with E-state index < -0.39 is 18.0 Å². The van der Waals surface area contributed by atoms with E-state index in [1.54, 1.807) is 30.3 Å². The molecule has 1 atom stereocenters. The number of amides is 1. The molecule has 6 nitrogen and oxygen atoms in total. The Morgan fingerprint density at radius 2 is 1.73 bits per heavy atom. The first-order valence-corrected chi connectivity index (χ1v) is 6.67. The third kappa shape index (κ3) is 2.71. The second-order valence-electron chi connectivity index (χ2n) is 4.70. The van der Waals surface area contributed by atoms with Crippen LogP contribution in [0.1, 0.15) is 10.4 Å². The zero-order valence-corrected chi connectivity index (χ0v) is 11.5. The molecule has 0 saturated carbocycles. The molecule has 0 spiro atoms. The highest BCUT2D eigenvalue weighted by molar-refractivity contribution is 6.02. The van der Waals surface area contributed by atoms with Gasteiger partial charge >= 0.3 is 5.97 Å². The van der Waals surface area contributed by atoms with Crippen LogP contribution in [0.15, 0.2) is 48.5 Å². The highest BCUT2D eigenvalue weighted by Crippen LogP contribution is 2.31. The molecule has 112 valence electrons. The van der Waals surface area contributed by atoms with Gasteiger partial charge in [0.2, 0.25) is 6.10 Å². The molecule has 2 aromatic rings. The number of carboxylic acids is 1. The molecule has 1 aliphatic heterocycles. The Morgan fingerprint density at radius 1 is 1.05 bits per heavy atom. The second kappa shape index (κ2) is 5.77. The van der Waals surface area contributed by atoms with Gasteiger partial charge in [0.05, 0.1) is 11.3 Å². The van der Waals surface area contributed by atoms with E-state index in [1.807, 2.05) is 6.07 Å². The van der Waals surface area contributed by atoms with Crippen LogP contribution in [0.3, 0.4) is 0 Å². The number of carbonyl (C=O) groups excluding carboxylic acids is 1. The lowest BCUT2D eigenvalue weighted by molar-refractivity contribution is -0.125. The van der Waals surface area contributed by atoms with Gasteiger partial charge in [-0.05, 0) is 24.3 Å². The number of hydrogen-bond donors (Lipinski definition) is 2. The van der Waals surface area contributed by atoms with Crippen molar-refractivity contribution in [1.29, 1.82) is 0 Å². The average molecular weight is 299 g/mol. The van der Waals surface area contributed by atoms with Crippen LogP contribution in [0, 0.1) is 0 Å². The van der Waals surface area contributed by atoms with Crippen molar-refractivity contribution in [3.8, 4) is 11.5 Å². The molecule has 1 amide bonds. The smallest absolute Gasteiger partial charge is 0.337 e. The van der Waals surface area contributed by atoms with Crippen molar-refractivity contribution in [2.45, 2.75) is 6.10 Å². The van der Waals surface area contributed by atoms with Gasteiger partial charge in [0.25, 0.3) is 5.91 Å². The van der Waals surface area contributed by atoms with Gasteiger partial charge in [0, 0.05) is 0 Å². The van der Waals surface area contributed by atoms with E-state index in [-0.39, 0.29) is 17.9 Å². The number of rotatable bonds is 3. The van der Waals surface area contributed by atoms with Crippen molar-refractivity contribution in [3.63, 3.8) is 0 Å². The topological polar surface area (TPSA) is 84.9 Å². The first-order valence-electron chi connectivity index (χ1n) is 6.67. The number of anilines is 1. The van der Waals surface area contributed by atoms with Crippen molar-refractivity contribution in [2.75, 3.05) is 11.9 Å². The number of carbonyl (C=O) groups is 2. The maximum atomic E-state index is 12.2. The predicted octanol–water partition coefficient (Wildman–Crippen LogP) is 2.16. The Labute approximate surface area is 126 Å². The highest BCUT2D eigenvalue weighted by atomic mass is 16.6. The molecule has 22 heavy (non-hydrogen) atoms. The van der Waals surface area contributed by atoms with Crippen LogP contribution in [0.25, 0.3) is 0 Å². The zero-order valence-electron chi connectivity index (χ0n) is 11.5. The normalized spacial score (nSPS) is 15.9. The molecule has 0 fully saturated rings. The van der Waals surface area contributed by atoms with Crippen LogP contribution in [0.5, 0.6) is 11.5 Å². The van der Waals surface area contributed by atoms with Crippen molar-refractivity contribution >= 4 is 17.6 Å². The molecular weight excluding hydrogens is 286 g/mol. The van der Waals surface area contributed by atoms with Gasteiger partial charge < -0.3 is 19.9 Å². The third-order valence-corrected chi connectivity index (χ3v) is 3.22. The quantitative estimate of drug-likeness (QED) is 0.907. The summed E-state index contributed by atoms with van der Waals surface area (Å²) in [5.41, 5.74) is 0.246. The van der Waals surface area contributed by atoms with Gasteiger partial charge in [-0.2, -0.15) is 0 Å². The summed E-state index contributed by atoms with van der Waals surface area (Å²) in [6.45, 7) is 0.0675. The zero-order chi connectivity index (χ0) is 15.5. The van der Waals surface area contributed by atoms with Gasteiger partial charge in [-0.25, -0.2) is 4.79 Å². The molecular formula is C16H13NO5. The van der Waals surface area contributed by atoms with E-state index in [2.05, 4.69) is 5.32 Å². The van der Waals surface area contributed by atoms with Crippen molar-refractivity contribution in [3.05, 3.63) is 54.1 Å². The van der Waals surface area contributed by atoms with Crippen LogP contribution >= 0.6 is 0 Å². The molecule has 1 heterocycles. The summed E-state index contributed by atoms with van der Waals surface area (Å²) in [5, 5.41) is 11.7. The molecule has 0 aromatic heterocycles. The maximum Gasteiger partial charge on any atom is 0.337 e. The fourth-order valence-electron chi connectivity index (χ4n) is 2.14. The molecule has 0 bridgehead atoms. The van der Waals surface area contributed by atoms with Crippen LogP contribution in [-0.2, 0) is 4.79 Å². The summed E-state index contributed by atoms with van der Waals surface area (Å²) in [6, 6.07) is 13.2. The minimum absolute atomic E-state index is 0.0213. The standard InChI is InChI=1S/C16H13NO5/c18-15(17-11-6-2-1-5-10(11)16(19)20)14-9-21-12-7-3-4-8-13(12)22-14/h1-8,14H,9H2,(H,17,18)(H,19,20). The third-order valence-electron chi connectivity index (χ3n) is 3.22. The molecule has 0 radical (unpaired) electrons. The van der Waals surface area contributed by atoms with E-state index in [4.69, 9.17) is 14.6 Å². The lowest BCUT2D eigenvalue weighted by Gasteiger charge is -2.25. The lowest BCUT2D eigenvalue weighted by Crippen LogP contribution is -2.40. The number of aromatic carboxylic acids is 1. The largest absolute Gasteiger partial charge is 0.485 e. The summed E-state index contributed by atoms with van der Waals surface area (Å²) in [5.74, 6) is -0.497. The van der Waals surface area contributed by atoms with Gasteiger partial charge in [-0.3, -0.25) is 4.79 Å². The van der Waals surface area contributed by atoms with E-state index >= 15 is 0 Å². The van der Waals surface area contributed by atoms with Crippen molar-refractivity contribution in [1.82, 2.24) is 0 Å².